The van der Waals surface area contributed by atoms with Crippen LogP contribution in [0.5, 0.6) is 0 Å². The number of sulfonamides is 2. The quantitative estimate of drug-likeness (QED) is 0.0304. The average Bonchev–Trinajstić information content (AvgIpc) is 3.27. The summed E-state index contributed by atoms with van der Waals surface area (Å²) in [6.07, 6.45) is 0. The first kappa shape index (κ1) is 46.7. The number of nitrogens with one attached hydrogen (secondary N) is 4. The molecule has 0 bridgehead atoms. The smallest absolute Gasteiger partial charge is 0.363 e. The van der Waals surface area contributed by atoms with Crippen LogP contribution < -0.4 is 20.1 Å². The number of carboxylic acid groups (broad SMARTS) is 2. The molecule has 0 aliphatic carbocycles. The van der Waals surface area contributed by atoms with Crippen LogP contribution in [0.25, 0.3) is 33.1 Å². The van der Waals surface area contributed by atoms with Crippen molar-refractivity contribution in [3.63, 3.8) is 0 Å². The summed E-state index contributed by atoms with van der Waals surface area (Å²) in [4.78, 5) is 23.0. The Morgan fingerprint density at radius 3 is 1.28 bits per heavy atom. The highest BCUT2D eigenvalue weighted by Crippen LogP contribution is 2.42. The van der Waals surface area contributed by atoms with Crippen molar-refractivity contribution >= 4 is 98.2 Å². The summed E-state index contributed by atoms with van der Waals surface area (Å²) in [5.74, 6) is -2.58. The second kappa shape index (κ2) is 17.8. The minimum Gasteiger partial charge on any atom is -0.478 e. The van der Waals surface area contributed by atoms with E-state index >= 15 is 0 Å². The molecule has 346 valence electrons. The van der Waals surface area contributed by atoms with Gasteiger partial charge in [0.2, 0.25) is 0 Å². The molecule has 0 saturated heterocycles. The van der Waals surface area contributed by atoms with E-state index in [1.165, 1.54) is 84.9 Å². The number of anilines is 6. The van der Waals surface area contributed by atoms with Gasteiger partial charge < -0.3 is 20.8 Å². The maximum Gasteiger partial charge on any atom is 0.363 e. The second-order valence-electron chi connectivity index (χ2n) is 15.9. The molecule has 0 amide bonds. The zero-order valence-electron chi connectivity index (χ0n) is 36.4. The molecule has 16 nitrogen and oxygen atoms in total. The summed E-state index contributed by atoms with van der Waals surface area (Å²) in [6.45, 7) is 6.86. The molecule has 1 heterocycles. The Morgan fingerprint density at radius 2 is 0.882 bits per heavy atom. The van der Waals surface area contributed by atoms with E-state index in [0.29, 0.717) is 72.5 Å². The molecule has 68 heavy (non-hydrogen) atoms. The summed E-state index contributed by atoms with van der Waals surface area (Å²) in [5.41, 5.74) is 5.00. The number of rotatable bonds is 14. The monoisotopic (exact) mass is 973 g/mol. The van der Waals surface area contributed by atoms with Gasteiger partial charge in [0.05, 0.1) is 55.2 Å². The lowest BCUT2D eigenvalue weighted by molar-refractivity contribution is 0.0687. The molecule has 1 aromatic heterocycles. The number of aromatic carboxylic acids is 2. The zero-order valence-corrected chi connectivity index (χ0v) is 38.9. The minimum absolute atomic E-state index is 0.0870. The topological polar surface area (TPSA) is 257 Å². The zero-order chi connectivity index (χ0) is 48.9. The predicted molar refractivity (Wildman–Crippen MR) is 260 cm³/mol. The highest BCUT2D eigenvalue weighted by molar-refractivity contribution is 7.93. The van der Waals surface area contributed by atoms with E-state index < -0.39 is 42.1 Å². The first-order valence-electron chi connectivity index (χ1n) is 20.5. The van der Waals surface area contributed by atoms with Gasteiger partial charge in [-0.25, -0.2) is 30.8 Å². The number of para-hydroxylation sites is 2. The van der Waals surface area contributed by atoms with Crippen molar-refractivity contribution in [2.24, 2.45) is 0 Å². The van der Waals surface area contributed by atoms with Gasteiger partial charge in [-0.05, 0) is 129 Å². The highest BCUT2D eigenvalue weighted by Gasteiger charge is 2.27. The van der Waals surface area contributed by atoms with Gasteiger partial charge in [-0.3, -0.25) is 14.0 Å². The van der Waals surface area contributed by atoms with Crippen LogP contribution in [0.1, 0.15) is 43.0 Å². The van der Waals surface area contributed by atoms with Crippen molar-refractivity contribution < 1.29 is 54.0 Å². The molecule has 0 saturated carbocycles. The fourth-order valence-electron chi connectivity index (χ4n) is 8.00. The molecule has 0 aliphatic heterocycles. The predicted octanol–water partition coefficient (Wildman–Crippen LogP) is 10.5. The molecule has 0 spiro atoms. The van der Waals surface area contributed by atoms with Crippen molar-refractivity contribution in [2.45, 2.75) is 42.4 Å². The molecule has 0 unspecified atom stereocenters. The largest absolute Gasteiger partial charge is 0.478 e. The summed E-state index contributed by atoms with van der Waals surface area (Å²) in [5, 5.41) is 26.8. The van der Waals surface area contributed by atoms with E-state index in [-0.39, 0.29) is 42.8 Å². The van der Waals surface area contributed by atoms with Crippen molar-refractivity contribution in [2.75, 3.05) is 20.1 Å². The first-order chi connectivity index (χ1) is 32.1. The minimum atomic E-state index is -4.71. The maximum absolute atomic E-state index is 13.5. The van der Waals surface area contributed by atoms with Gasteiger partial charge in [0.1, 0.15) is 4.90 Å². The van der Waals surface area contributed by atoms with E-state index in [1.807, 2.05) is 0 Å². The Kier molecular flexibility index (Phi) is 12.2. The van der Waals surface area contributed by atoms with Gasteiger partial charge in [-0.2, -0.15) is 8.42 Å². The van der Waals surface area contributed by atoms with Gasteiger partial charge in [0.25, 0.3) is 30.2 Å². The van der Waals surface area contributed by atoms with Gasteiger partial charge >= 0.3 is 23.1 Å². The Bertz CT molecular complexity index is 3520. The standard InChI is InChI=1S/C49H40N4O12S3/c1-27-21-33(66(58,59)52-40-14-8-5-11-35(40)48(54)55)22-28(2)46(27)50-31-17-19-37-42(25-31)65-43-26-32(18-20-38(43)45(37)39-13-7-10-16-44(39)68(62,63)64)51-47-29(3)23-34(24-30(47)4)67(60,61)53-41-15-9-6-12-36(41)49(56)57/h5-26,50-53H,1-4H3,(H2-,54,55,56,57,62,63,64)/p+1. The van der Waals surface area contributed by atoms with Crippen LogP contribution >= 0.6 is 0 Å². The number of carboxylic acids is 2. The number of hydrogen-bond acceptors (Lipinski definition) is 10. The van der Waals surface area contributed by atoms with E-state index in [0.717, 1.165) is 0 Å². The lowest BCUT2D eigenvalue weighted by Gasteiger charge is -2.17. The van der Waals surface area contributed by atoms with Crippen molar-refractivity contribution in [3.8, 4) is 11.1 Å². The molecule has 0 fully saturated rings. The Balaban J connectivity index is 1.17. The molecule has 19 heteroatoms. The lowest BCUT2D eigenvalue weighted by Crippen LogP contribution is -2.16. The van der Waals surface area contributed by atoms with Gasteiger partial charge in [0, 0.05) is 33.9 Å². The average molecular weight is 974 g/mol. The molecule has 0 aliphatic rings. The van der Waals surface area contributed by atoms with Crippen LogP contribution in [0.2, 0.25) is 0 Å². The Labute approximate surface area is 390 Å². The van der Waals surface area contributed by atoms with E-state index in [2.05, 4.69) is 20.1 Å². The Morgan fingerprint density at radius 1 is 0.500 bits per heavy atom. The van der Waals surface area contributed by atoms with Gasteiger partial charge in [-0.1, -0.05) is 42.5 Å². The third-order valence-electron chi connectivity index (χ3n) is 11.1. The second-order valence-corrected chi connectivity index (χ2v) is 20.7. The van der Waals surface area contributed by atoms with E-state index in [1.54, 1.807) is 76.2 Å². The van der Waals surface area contributed by atoms with Crippen LogP contribution in [-0.2, 0) is 30.2 Å². The van der Waals surface area contributed by atoms with Crippen LogP contribution in [0.3, 0.4) is 0 Å². The summed E-state index contributed by atoms with van der Waals surface area (Å²) in [7, 11) is -13.1. The van der Waals surface area contributed by atoms with E-state index in [4.69, 9.17) is 4.42 Å². The molecular formula is C49H41N4O12S3+. The number of benzene rings is 7. The number of aryl methyl sites for hydroxylation is 4. The van der Waals surface area contributed by atoms with Crippen LogP contribution in [0.4, 0.5) is 34.1 Å². The van der Waals surface area contributed by atoms with Crippen molar-refractivity contribution in [1.82, 2.24) is 0 Å². The summed E-state index contributed by atoms with van der Waals surface area (Å²) < 4.78 is 101. The maximum atomic E-state index is 13.5. The van der Waals surface area contributed by atoms with Crippen LogP contribution in [0, 0.1) is 27.7 Å². The number of hydrogen-bond donors (Lipinski definition) is 7. The molecule has 0 radical (unpaired) electrons. The first-order valence-corrected chi connectivity index (χ1v) is 24.9. The molecule has 0 atom stereocenters. The summed E-state index contributed by atoms with van der Waals surface area (Å²) in [6, 6.07) is 33.5. The van der Waals surface area contributed by atoms with Crippen LogP contribution in [0.15, 0.2) is 153 Å². The molecule has 8 aromatic rings. The third-order valence-corrected chi connectivity index (χ3v) is 14.7. The molecule has 7 aromatic carbocycles. The van der Waals surface area contributed by atoms with Crippen LogP contribution in [-0.4, -0.2) is 52.0 Å². The number of carbonyl (C=O) groups is 2. The fraction of sp³-hybridized carbons (Fsp3) is 0.0816. The molecule has 7 N–H and O–H groups in total. The Hall–Kier alpha value is -7.84. The summed E-state index contributed by atoms with van der Waals surface area (Å²) >= 11 is 0. The van der Waals surface area contributed by atoms with Gasteiger partial charge in [-0.15, -0.1) is 0 Å². The molecule has 8 rings (SSSR count). The molecular weight excluding hydrogens is 933 g/mol. The third kappa shape index (κ3) is 9.27. The lowest BCUT2D eigenvalue weighted by atomic mass is 9.96. The highest BCUT2D eigenvalue weighted by atomic mass is 32.2. The van der Waals surface area contributed by atoms with Crippen molar-refractivity contribution in [3.05, 3.63) is 167 Å². The normalized spacial score (nSPS) is 11.9. The van der Waals surface area contributed by atoms with E-state index in [9.17, 15) is 49.6 Å². The SMILES string of the molecule is Cc1cc(S(=O)(=O)Nc2ccccc2C(=O)O)cc(C)c1Nc1ccc2c(-c3ccccc3S(=O)(=O)O)c3ccc(Nc4c(C)cc(S(=O)(=O)Nc5ccccc5C(=O)O)cc4C)cc3[o+]c2c1. The number of fused-ring (bicyclic) bond motifs is 2. The van der Waals surface area contributed by atoms with Gasteiger partial charge in [0.15, 0.2) is 0 Å². The van der Waals surface area contributed by atoms with Crippen molar-refractivity contribution in [1.29, 1.82) is 0 Å². The fourth-order valence-corrected chi connectivity index (χ4v) is 11.2.